The van der Waals surface area contributed by atoms with Gasteiger partial charge in [-0.25, -0.2) is 4.90 Å². The van der Waals surface area contributed by atoms with Crippen LogP contribution in [-0.4, -0.2) is 47.0 Å². The van der Waals surface area contributed by atoms with E-state index in [-0.39, 0.29) is 24.0 Å². The van der Waals surface area contributed by atoms with Crippen molar-refractivity contribution in [3.63, 3.8) is 0 Å². The Morgan fingerprint density at radius 3 is 2.91 bits per heavy atom. The number of carbonyl (C=O) groups excluding carboxylic acids is 2. The number of thioether (sulfide) groups is 1. The Morgan fingerprint density at radius 2 is 2.27 bits per heavy atom. The van der Waals surface area contributed by atoms with E-state index >= 15 is 0 Å². The first-order valence-electron chi connectivity index (χ1n) is 6.55. The van der Waals surface area contributed by atoms with Gasteiger partial charge in [0.05, 0.1) is 18.0 Å². The van der Waals surface area contributed by atoms with Crippen LogP contribution in [0.15, 0.2) is 24.3 Å². The number of nitrogens with two attached hydrogens (primary N) is 1. The fourth-order valence-electron chi connectivity index (χ4n) is 2.05. The smallest absolute Gasteiger partial charge is 0.321 e. The number of benzene rings is 1. The largest absolute Gasteiger partial charge is 0.497 e. The molecule has 2 rings (SSSR count). The number of imide groups is 1. The molecular formula is C14H16N2O5S. The average molecular weight is 324 g/mol. The van der Waals surface area contributed by atoms with Crippen molar-refractivity contribution in [1.82, 2.24) is 0 Å². The van der Waals surface area contributed by atoms with Crippen molar-refractivity contribution in [3.8, 4) is 5.75 Å². The molecule has 118 valence electrons. The van der Waals surface area contributed by atoms with Crippen LogP contribution in [-0.2, 0) is 14.4 Å². The van der Waals surface area contributed by atoms with E-state index in [1.165, 1.54) is 7.11 Å². The fourth-order valence-corrected chi connectivity index (χ4v) is 3.14. The number of ether oxygens (including phenoxy) is 1. The summed E-state index contributed by atoms with van der Waals surface area (Å²) in [6.07, 6.45) is 0.0348. The van der Waals surface area contributed by atoms with E-state index in [1.54, 1.807) is 24.3 Å². The zero-order valence-corrected chi connectivity index (χ0v) is 12.7. The van der Waals surface area contributed by atoms with E-state index in [0.717, 1.165) is 16.7 Å². The molecule has 0 bridgehead atoms. The van der Waals surface area contributed by atoms with Gasteiger partial charge < -0.3 is 15.6 Å². The lowest BCUT2D eigenvalue weighted by molar-refractivity contribution is -0.138. The van der Waals surface area contributed by atoms with Gasteiger partial charge in [0.2, 0.25) is 11.8 Å². The van der Waals surface area contributed by atoms with E-state index in [9.17, 15) is 14.4 Å². The van der Waals surface area contributed by atoms with Crippen molar-refractivity contribution < 1.29 is 24.2 Å². The molecule has 1 saturated heterocycles. The first-order chi connectivity index (χ1) is 10.4. The molecule has 2 amide bonds. The maximum Gasteiger partial charge on any atom is 0.321 e. The van der Waals surface area contributed by atoms with Gasteiger partial charge in [0.25, 0.3) is 0 Å². The first-order valence-corrected chi connectivity index (χ1v) is 7.59. The van der Waals surface area contributed by atoms with Crippen molar-refractivity contribution in [2.75, 3.05) is 17.8 Å². The number of nitrogens with zero attached hydrogens (tertiary/aromatic N) is 1. The maximum atomic E-state index is 12.4. The van der Waals surface area contributed by atoms with Crippen LogP contribution in [0.5, 0.6) is 5.75 Å². The molecule has 1 aliphatic rings. The highest BCUT2D eigenvalue weighted by molar-refractivity contribution is 8.00. The summed E-state index contributed by atoms with van der Waals surface area (Å²) < 4.78 is 5.08. The first kappa shape index (κ1) is 16.3. The van der Waals surface area contributed by atoms with Crippen LogP contribution in [0.4, 0.5) is 5.69 Å². The Bertz CT molecular complexity index is 607. The Balaban J connectivity index is 2.10. The van der Waals surface area contributed by atoms with Crippen molar-refractivity contribution >= 4 is 35.2 Å². The molecule has 3 N–H and O–H groups in total. The van der Waals surface area contributed by atoms with Crippen molar-refractivity contribution in [1.29, 1.82) is 0 Å². The second kappa shape index (κ2) is 6.80. The minimum Gasteiger partial charge on any atom is -0.497 e. The van der Waals surface area contributed by atoms with E-state index in [1.807, 2.05) is 0 Å². The number of aliphatic carboxylic acids is 1. The van der Waals surface area contributed by atoms with Gasteiger partial charge in [-0.1, -0.05) is 6.07 Å². The Labute approximate surface area is 131 Å². The van der Waals surface area contributed by atoms with Gasteiger partial charge in [-0.05, 0) is 12.1 Å². The van der Waals surface area contributed by atoms with Gasteiger partial charge in [0.15, 0.2) is 0 Å². The molecule has 0 aliphatic carbocycles. The quantitative estimate of drug-likeness (QED) is 0.732. The molecule has 22 heavy (non-hydrogen) atoms. The SMILES string of the molecule is COc1cccc(N2C(=O)C[C@@H](SC[C@@H](N)C(=O)O)C2=O)c1. The lowest BCUT2D eigenvalue weighted by Crippen LogP contribution is -2.35. The maximum absolute atomic E-state index is 12.4. The van der Waals surface area contributed by atoms with E-state index in [2.05, 4.69) is 0 Å². The highest BCUT2D eigenvalue weighted by atomic mass is 32.2. The summed E-state index contributed by atoms with van der Waals surface area (Å²) in [5.74, 6) is -1.19. The normalized spacial score (nSPS) is 19.4. The summed E-state index contributed by atoms with van der Waals surface area (Å²) in [7, 11) is 1.50. The number of rotatable bonds is 6. The van der Waals surface area contributed by atoms with Crippen LogP contribution >= 0.6 is 11.8 Å². The van der Waals surface area contributed by atoms with Gasteiger partial charge in [0, 0.05) is 18.2 Å². The third-order valence-electron chi connectivity index (χ3n) is 3.21. The van der Waals surface area contributed by atoms with Crippen LogP contribution in [0.25, 0.3) is 0 Å². The van der Waals surface area contributed by atoms with E-state index < -0.39 is 17.3 Å². The zero-order valence-electron chi connectivity index (χ0n) is 11.9. The summed E-state index contributed by atoms with van der Waals surface area (Å²) in [5, 5.41) is 8.14. The molecule has 0 spiro atoms. The number of hydrogen-bond donors (Lipinski definition) is 2. The summed E-state index contributed by atoms with van der Waals surface area (Å²) in [6, 6.07) is 5.60. The molecule has 1 aliphatic heterocycles. The number of anilines is 1. The van der Waals surface area contributed by atoms with Gasteiger partial charge >= 0.3 is 5.97 Å². The predicted octanol–water partition coefficient (Wildman–Crippen LogP) is 0.472. The number of carboxylic acids is 1. The number of methoxy groups -OCH3 is 1. The third-order valence-corrected chi connectivity index (χ3v) is 4.53. The van der Waals surface area contributed by atoms with Crippen LogP contribution in [0.1, 0.15) is 6.42 Å². The van der Waals surface area contributed by atoms with Crippen molar-refractivity contribution in [2.24, 2.45) is 5.73 Å². The molecular weight excluding hydrogens is 308 g/mol. The number of carboxylic acid groups (broad SMARTS) is 1. The van der Waals surface area contributed by atoms with Crippen LogP contribution in [0, 0.1) is 0 Å². The number of carbonyl (C=O) groups is 3. The van der Waals surface area contributed by atoms with Crippen molar-refractivity contribution in [2.45, 2.75) is 17.7 Å². The second-order valence-corrected chi connectivity index (χ2v) is 5.98. The zero-order chi connectivity index (χ0) is 16.3. The summed E-state index contributed by atoms with van der Waals surface area (Å²) in [4.78, 5) is 36.2. The van der Waals surface area contributed by atoms with Gasteiger partial charge in [-0.15, -0.1) is 11.8 Å². The molecule has 0 radical (unpaired) electrons. The molecule has 1 heterocycles. The van der Waals surface area contributed by atoms with Crippen LogP contribution in [0.2, 0.25) is 0 Å². The predicted molar refractivity (Wildman–Crippen MR) is 82.0 cm³/mol. The van der Waals surface area contributed by atoms with E-state index in [0.29, 0.717) is 11.4 Å². The average Bonchev–Trinajstić information content (AvgIpc) is 2.79. The molecule has 0 unspecified atom stereocenters. The highest BCUT2D eigenvalue weighted by Crippen LogP contribution is 2.31. The second-order valence-electron chi connectivity index (χ2n) is 4.74. The molecule has 1 fully saturated rings. The summed E-state index contributed by atoms with van der Waals surface area (Å²) in [5.41, 5.74) is 5.86. The third kappa shape index (κ3) is 3.40. The van der Waals surface area contributed by atoms with Gasteiger partial charge in [-0.2, -0.15) is 0 Å². The molecule has 7 nitrogen and oxygen atoms in total. The van der Waals surface area contributed by atoms with E-state index in [4.69, 9.17) is 15.6 Å². The molecule has 2 atom stereocenters. The number of amides is 2. The minimum atomic E-state index is -1.13. The minimum absolute atomic E-state index is 0.0348. The highest BCUT2D eigenvalue weighted by Gasteiger charge is 2.40. The molecule has 0 saturated carbocycles. The van der Waals surface area contributed by atoms with Crippen LogP contribution in [0.3, 0.4) is 0 Å². The standard InChI is InChI=1S/C14H16N2O5S/c1-21-9-4-2-3-8(5-9)16-12(17)6-11(13(16)18)22-7-10(15)14(19)20/h2-5,10-11H,6-7,15H2,1H3,(H,19,20)/t10-,11-/m1/s1. The molecule has 1 aromatic carbocycles. The topological polar surface area (TPSA) is 110 Å². The Morgan fingerprint density at radius 1 is 1.55 bits per heavy atom. The lowest BCUT2D eigenvalue weighted by Gasteiger charge is -2.16. The van der Waals surface area contributed by atoms with Crippen LogP contribution < -0.4 is 15.4 Å². The van der Waals surface area contributed by atoms with Gasteiger partial charge in [-0.3, -0.25) is 14.4 Å². The monoisotopic (exact) mass is 324 g/mol. The molecule has 1 aromatic rings. The number of hydrogen-bond acceptors (Lipinski definition) is 6. The Hall–Kier alpha value is -2.06. The fraction of sp³-hybridized carbons (Fsp3) is 0.357. The summed E-state index contributed by atoms with van der Waals surface area (Å²) in [6.45, 7) is 0. The summed E-state index contributed by atoms with van der Waals surface area (Å²) >= 11 is 1.09. The Kier molecular flexibility index (Phi) is 5.04. The van der Waals surface area contributed by atoms with Crippen molar-refractivity contribution in [3.05, 3.63) is 24.3 Å². The lowest BCUT2D eigenvalue weighted by atomic mass is 10.3. The molecule has 8 heteroatoms. The van der Waals surface area contributed by atoms with Gasteiger partial charge in [0.1, 0.15) is 11.8 Å². The molecule has 0 aromatic heterocycles.